The second kappa shape index (κ2) is 10.6. The molecule has 3 aliphatic rings. The molecule has 0 radical (unpaired) electrons. The minimum absolute atomic E-state index is 0.0637. The van der Waals surface area contributed by atoms with Crippen LogP contribution in [-0.4, -0.2) is 96.6 Å². The van der Waals surface area contributed by atoms with Gasteiger partial charge in [-0.1, -0.05) is 44.2 Å². The largest absolute Gasteiger partial charge is 0.379 e. The van der Waals surface area contributed by atoms with E-state index < -0.39 is 6.23 Å². The van der Waals surface area contributed by atoms with Crippen molar-refractivity contribution in [1.29, 1.82) is 0 Å². The lowest BCUT2D eigenvalue weighted by molar-refractivity contribution is -0.127. The summed E-state index contributed by atoms with van der Waals surface area (Å²) < 4.78 is 5.46. The highest BCUT2D eigenvalue weighted by Crippen LogP contribution is 2.39. The van der Waals surface area contributed by atoms with Crippen molar-refractivity contribution >= 4 is 11.6 Å². The molecular weight excluding hydrogens is 454 g/mol. The number of carbonyl (C=O) groups is 1. The fraction of sp³-hybridized carbons (Fsp3) is 0.571. The average molecular weight is 494 g/mol. The first-order valence-electron chi connectivity index (χ1n) is 13.1. The molecule has 3 atom stereocenters. The highest BCUT2D eigenvalue weighted by Gasteiger charge is 2.42. The van der Waals surface area contributed by atoms with Gasteiger partial charge in [-0.05, 0) is 30.5 Å². The predicted octanol–water partition coefficient (Wildman–Crippen LogP) is 1.61. The minimum Gasteiger partial charge on any atom is -0.379 e. The molecule has 0 bridgehead atoms. The van der Waals surface area contributed by atoms with Crippen molar-refractivity contribution in [2.24, 2.45) is 0 Å². The van der Waals surface area contributed by atoms with Crippen molar-refractivity contribution in [3.8, 4) is 0 Å². The molecule has 36 heavy (non-hydrogen) atoms. The molecule has 2 saturated heterocycles. The van der Waals surface area contributed by atoms with E-state index in [9.17, 15) is 9.90 Å². The molecule has 0 saturated carbocycles. The van der Waals surface area contributed by atoms with E-state index in [1.54, 1.807) is 0 Å². The number of fused-ring (bicyclic) bond motifs is 1. The smallest absolute Gasteiger partial charge is 0.241 e. The summed E-state index contributed by atoms with van der Waals surface area (Å²) >= 11 is 0. The van der Waals surface area contributed by atoms with Crippen molar-refractivity contribution in [1.82, 2.24) is 20.1 Å². The van der Waals surface area contributed by atoms with Gasteiger partial charge in [0.2, 0.25) is 5.91 Å². The quantitative estimate of drug-likeness (QED) is 0.633. The number of aromatic nitrogens is 1. The van der Waals surface area contributed by atoms with Gasteiger partial charge in [-0.15, -0.1) is 0 Å². The van der Waals surface area contributed by atoms with Crippen LogP contribution in [0.4, 0.5) is 5.69 Å². The standard InChI is InChI=1S/C28H39N5O3/c1-20-17-32(24(16-29-20)27(35)31-9-11-36-12-10-31)18-25(34)33-19-28(2,3)26-23(33)14-22(15-30-26)13-21-7-5-4-6-8-21/h4-8,14-15,20,24,27,29,35H,9-13,16-19H2,1-3H3/t20-,24-,27?/m1/s1. The van der Waals surface area contributed by atoms with Crippen molar-refractivity contribution in [3.63, 3.8) is 0 Å². The summed E-state index contributed by atoms with van der Waals surface area (Å²) in [6.07, 6.45) is 2.10. The Hall–Kier alpha value is -2.36. The molecule has 0 aliphatic carbocycles. The maximum Gasteiger partial charge on any atom is 0.241 e. The number of carbonyl (C=O) groups excluding carboxylic acids is 1. The number of ether oxygens (including phenoxy) is 1. The van der Waals surface area contributed by atoms with Crippen molar-refractivity contribution in [3.05, 3.63) is 59.4 Å². The molecule has 8 nitrogen and oxygen atoms in total. The molecule has 1 unspecified atom stereocenters. The number of piperazine rings is 1. The molecular formula is C28H39N5O3. The van der Waals surface area contributed by atoms with Crippen LogP contribution in [-0.2, 0) is 21.4 Å². The summed E-state index contributed by atoms with van der Waals surface area (Å²) in [5.41, 5.74) is 4.02. The predicted molar refractivity (Wildman–Crippen MR) is 140 cm³/mol. The highest BCUT2D eigenvalue weighted by atomic mass is 16.5. The lowest BCUT2D eigenvalue weighted by Crippen LogP contribution is -2.65. The summed E-state index contributed by atoms with van der Waals surface area (Å²) in [5.74, 6) is 0.0637. The zero-order valence-corrected chi connectivity index (χ0v) is 21.7. The van der Waals surface area contributed by atoms with Crippen LogP contribution in [0.15, 0.2) is 42.6 Å². The second-order valence-electron chi connectivity index (χ2n) is 11.1. The second-order valence-corrected chi connectivity index (χ2v) is 11.1. The van der Waals surface area contributed by atoms with Gasteiger partial charge in [-0.3, -0.25) is 19.6 Å². The van der Waals surface area contributed by atoms with Gasteiger partial charge in [0.1, 0.15) is 6.23 Å². The lowest BCUT2D eigenvalue weighted by Gasteiger charge is -2.45. The lowest BCUT2D eigenvalue weighted by atomic mass is 9.91. The fourth-order valence-corrected chi connectivity index (χ4v) is 5.75. The van der Waals surface area contributed by atoms with Crippen LogP contribution in [0.1, 0.15) is 37.6 Å². The summed E-state index contributed by atoms with van der Waals surface area (Å²) in [6, 6.07) is 12.6. The number of pyridine rings is 1. The van der Waals surface area contributed by atoms with E-state index in [0.717, 1.165) is 23.4 Å². The van der Waals surface area contributed by atoms with Crippen LogP contribution in [0.5, 0.6) is 0 Å². The molecule has 4 heterocycles. The zero-order valence-electron chi connectivity index (χ0n) is 21.7. The molecule has 1 aromatic carbocycles. The highest BCUT2D eigenvalue weighted by molar-refractivity contribution is 5.97. The molecule has 8 heteroatoms. The Balaban J connectivity index is 1.35. The van der Waals surface area contributed by atoms with Gasteiger partial charge in [0, 0.05) is 50.4 Å². The van der Waals surface area contributed by atoms with Gasteiger partial charge in [-0.25, -0.2) is 0 Å². The molecule has 1 aromatic heterocycles. The Morgan fingerprint density at radius 2 is 1.97 bits per heavy atom. The van der Waals surface area contributed by atoms with Gasteiger partial charge in [0.15, 0.2) is 0 Å². The normalized spacial score (nSPS) is 25.5. The molecule has 3 aliphatic heterocycles. The maximum atomic E-state index is 13.8. The third-order valence-electron chi connectivity index (χ3n) is 7.72. The number of morpholine rings is 1. The Kier molecular flexibility index (Phi) is 7.42. The van der Waals surface area contributed by atoms with Gasteiger partial charge in [-0.2, -0.15) is 0 Å². The number of hydrogen-bond acceptors (Lipinski definition) is 7. The van der Waals surface area contributed by atoms with Crippen molar-refractivity contribution in [2.75, 3.05) is 57.4 Å². The topological polar surface area (TPSA) is 81.2 Å². The van der Waals surface area contributed by atoms with Crippen molar-refractivity contribution < 1.29 is 14.6 Å². The van der Waals surface area contributed by atoms with Crippen LogP contribution in [0, 0.1) is 0 Å². The number of rotatable bonds is 6. The van der Waals surface area contributed by atoms with E-state index in [0.29, 0.717) is 45.9 Å². The average Bonchev–Trinajstić information content (AvgIpc) is 3.15. The summed E-state index contributed by atoms with van der Waals surface area (Å²) in [7, 11) is 0. The molecule has 2 N–H and O–H groups in total. The zero-order chi connectivity index (χ0) is 25.3. The Labute approximate surface area is 214 Å². The summed E-state index contributed by atoms with van der Waals surface area (Å²) in [4.78, 5) is 24.8. The molecule has 0 spiro atoms. The molecule has 5 rings (SSSR count). The first-order chi connectivity index (χ1) is 17.3. The molecule has 2 fully saturated rings. The first kappa shape index (κ1) is 25.3. The molecule has 1 amide bonds. The molecule has 194 valence electrons. The SMILES string of the molecule is C[C@@H]1CN(CC(=O)N2CC(C)(C)c3ncc(Cc4ccccc4)cc32)[C@@H](C(O)N2CCOCC2)CN1. The van der Waals surface area contributed by atoms with E-state index >= 15 is 0 Å². The van der Waals surface area contributed by atoms with Crippen LogP contribution < -0.4 is 10.2 Å². The van der Waals surface area contributed by atoms with Gasteiger partial charge >= 0.3 is 0 Å². The summed E-state index contributed by atoms with van der Waals surface area (Å²) in [6.45, 7) is 11.4. The first-order valence-corrected chi connectivity index (χ1v) is 13.1. The van der Waals surface area contributed by atoms with Gasteiger partial charge in [0.05, 0.1) is 37.2 Å². The number of hydrogen-bond donors (Lipinski definition) is 2. The number of benzene rings is 1. The third kappa shape index (κ3) is 5.33. The third-order valence-corrected chi connectivity index (χ3v) is 7.72. The van der Waals surface area contributed by atoms with Crippen LogP contribution in [0.2, 0.25) is 0 Å². The number of anilines is 1. The van der Waals surface area contributed by atoms with E-state index in [-0.39, 0.29) is 30.0 Å². The molecule has 2 aromatic rings. The fourth-order valence-electron chi connectivity index (χ4n) is 5.75. The Bertz CT molecular complexity index is 1060. The van der Waals surface area contributed by atoms with Crippen LogP contribution in [0.3, 0.4) is 0 Å². The summed E-state index contributed by atoms with van der Waals surface area (Å²) in [5, 5.41) is 14.7. The maximum absolute atomic E-state index is 13.8. The van der Waals surface area contributed by atoms with Gasteiger partial charge in [0.25, 0.3) is 0 Å². The number of amides is 1. The van der Waals surface area contributed by atoms with Crippen LogP contribution in [0.25, 0.3) is 0 Å². The van der Waals surface area contributed by atoms with E-state index in [2.05, 4.69) is 54.1 Å². The number of aliphatic hydroxyl groups is 1. The van der Waals surface area contributed by atoms with E-state index in [4.69, 9.17) is 9.72 Å². The monoisotopic (exact) mass is 493 g/mol. The van der Waals surface area contributed by atoms with E-state index in [1.807, 2.05) is 29.3 Å². The number of nitrogens with one attached hydrogen (secondary N) is 1. The Morgan fingerprint density at radius 1 is 1.22 bits per heavy atom. The van der Waals surface area contributed by atoms with E-state index in [1.165, 1.54) is 5.56 Å². The minimum atomic E-state index is -0.636. The van der Waals surface area contributed by atoms with Gasteiger partial charge < -0.3 is 20.1 Å². The number of aliphatic hydroxyl groups excluding tert-OH is 1. The number of nitrogens with zero attached hydrogens (tertiary/aromatic N) is 4. The van der Waals surface area contributed by atoms with Crippen molar-refractivity contribution in [2.45, 2.75) is 50.9 Å². The van der Waals surface area contributed by atoms with Crippen LogP contribution >= 0.6 is 0 Å². The Morgan fingerprint density at radius 3 is 2.72 bits per heavy atom.